The van der Waals surface area contributed by atoms with Crippen LogP contribution in [-0.4, -0.2) is 31.0 Å². The van der Waals surface area contributed by atoms with Gasteiger partial charge in [-0.3, -0.25) is 14.9 Å². The number of amides is 1. The average Bonchev–Trinajstić information content (AvgIpc) is 2.38. The number of nitrogens with one attached hydrogen (secondary N) is 1. The molecule has 2 unspecified atom stereocenters. The summed E-state index contributed by atoms with van der Waals surface area (Å²) in [6, 6.07) is 6.18. The molecule has 1 saturated heterocycles. The molecule has 6 nitrogen and oxygen atoms in total. The molecule has 1 heterocycles. The lowest BCUT2D eigenvalue weighted by atomic mass is 9.92. The second kappa shape index (κ2) is 5.26. The Labute approximate surface area is 111 Å². The van der Waals surface area contributed by atoms with E-state index in [1.165, 1.54) is 0 Å². The normalized spacial score (nSPS) is 22.7. The van der Waals surface area contributed by atoms with E-state index in [9.17, 15) is 14.9 Å². The van der Waals surface area contributed by atoms with E-state index in [0.717, 1.165) is 11.3 Å². The molecule has 0 bridgehead atoms. The van der Waals surface area contributed by atoms with Gasteiger partial charge in [-0.1, -0.05) is 12.1 Å². The van der Waals surface area contributed by atoms with Crippen molar-refractivity contribution in [1.82, 2.24) is 5.32 Å². The molecule has 19 heavy (non-hydrogen) atoms. The zero-order valence-corrected chi connectivity index (χ0v) is 11.0. The maximum absolute atomic E-state index is 11.4. The summed E-state index contributed by atoms with van der Waals surface area (Å²) in [6.45, 7) is 0. The molecular weight excluding hydrogens is 246 g/mol. The van der Waals surface area contributed by atoms with Gasteiger partial charge in [-0.2, -0.15) is 0 Å². The van der Waals surface area contributed by atoms with E-state index >= 15 is 0 Å². The molecule has 102 valence electrons. The van der Waals surface area contributed by atoms with Crippen molar-refractivity contribution in [3.8, 4) is 0 Å². The monoisotopic (exact) mass is 263 g/mol. The molecule has 0 spiro atoms. The number of nitro groups is 1. The number of hydrogen-bond acceptors (Lipinski definition) is 4. The fraction of sp³-hybridized carbons (Fsp3) is 0.462. The summed E-state index contributed by atoms with van der Waals surface area (Å²) < 4.78 is 0. The van der Waals surface area contributed by atoms with Crippen molar-refractivity contribution in [1.29, 1.82) is 0 Å². The predicted octanol–water partition coefficient (Wildman–Crippen LogP) is 1.35. The lowest BCUT2D eigenvalue weighted by Gasteiger charge is -2.27. The third kappa shape index (κ3) is 2.83. The second-order valence-corrected chi connectivity index (χ2v) is 4.92. The van der Waals surface area contributed by atoms with Crippen LogP contribution in [-0.2, 0) is 4.79 Å². The van der Waals surface area contributed by atoms with Crippen molar-refractivity contribution >= 4 is 11.6 Å². The summed E-state index contributed by atoms with van der Waals surface area (Å²) >= 11 is 0. The van der Waals surface area contributed by atoms with Crippen molar-refractivity contribution in [2.24, 2.45) is 0 Å². The summed E-state index contributed by atoms with van der Waals surface area (Å²) in [5.74, 6) is -0.125. The number of carbonyl (C=O) groups is 1. The highest BCUT2D eigenvalue weighted by molar-refractivity contribution is 5.77. The number of nitrogens with zero attached hydrogens (tertiary/aromatic N) is 2. The average molecular weight is 263 g/mol. The van der Waals surface area contributed by atoms with Crippen LogP contribution in [0.2, 0.25) is 0 Å². The van der Waals surface area contributed by atoms with Gasteiger partial charge >= 0.3 is 0 Å². The standard InChI is InChI=1S/C13H17N3O3/c1-15(2)10-5-3-9(4-6-10)13-11(16(18)19)7-8-12(17)14-13/h3-6,11,13H,7-8H2,1-2H3,(H,14,17). The lowest BCUT2D eigenvalue weighted by molar-refractivity contribution is -0.529. The topological polar surface area (TPSA) is 75.5 Å². The van der Waals surface area contributed by atoms with E-state index in [1.54, 1.807) is 0 Å². The maximum Gasteiger partial charge on any atom is 0.237 e. The summed E-state index contributed by atoms with van der Waals surface area (Å²) in [6.07, 6.45) is 0.511. The molecule has 0 aliphatic carbocycles. The van der Waals surface area contributed by atoms with Gasteiger partial charge in [0.1, 0.15) is 6.04 Å². The van der Waals surface area contributed by atoms with Gasteiger partial charge in [0.25, 0.3) is 0 Å². The number of hydrogen-bond donors (Lipinski definition) is 1. The fourth-order valence-corrected chi connectivity index (χ4v) is 2.30. The highest BCUT2D eigenvalue weighted by atomic mass is 16.6. The Morgan fingerprint density at radius 1 is 1.32 bits per heavy atom. The molecule has 2 rings (SSSR count). The summed E-state index contributed by atoms with van der Waals surface area (Å²) in [5, 5.41) is 13.8. The van der Waals surface area contributed by atoms with Crippen LogP contribution in [0.25, 0.3) is 0 Å². The molecule has 1 aliphatic rings. The maximum atomic E-state index is 11.4. The van der Waals surface area contributed by atoms with Crippen LogP contribution in [0.4, 0.5) is 5.69 Å². The SMILES string of the molecule is CN(C)c1ccc(C2NC(=O)CCC2[N+](=O)[O-])cc1. The number of anilines is 1. The third-order valence-corrected chi connectivity index (χ3v) is 3.41. The van der Waals surface area contributed by atoms with Crippen molar-refractivity contribution in [3.63, 3.8) is 0 Å². The Balaban J connectivity index is 2.26. The molecule has 1 N–H and O–H groups in total. The fourth-order valence-electron chi connectivity index (χ4n) is 2.30. The quantitative estimate of drug-likeness (QED) is 0.659. The Hall–Kier alpha value is -2.11. The Bertz CT molecular complexity index is 484. The highest BCUT2D eigenvalue weighted by Gasteiger charge is 2.37. The van der Waals surface area contributed by atoms with E-state index in [0.29, 0.717) is 6.42 Å². The van der Waals surface area contributed by atoms with E-state index in [2.05, 4.69) is 5.32 Å². The number of piperidine rings is 1. The summed E-state index contributed by atoms with van der Waals surface area (Å²) in [4.78, 5) is 24.2. The molecule has 6 heteroatoms. The highest BCUT2D eigenvalue weighted by Crippen LogP contribution is 2.27. The van der Waals surface area contributed by atoms with Gasteiger partial charge in [-0.15, -0.1) is 0 Å². The molecule has 1 aromatic carbocycles. The zero-order chi connectivity index (χ0) is 14.0. The van der Waals surface area contributed by atoms with E-state index in [-0.39, 0.29) is 17.3 Å². The van der Waals surface area contributed by atoms with Crippen molar-refractivity contribution in [2.45, 2.75) is 24.9 Å². The first-order valence-electron chi connectivity index (χ1n) is 6.19. The van der Waals surface area contributed by atoms with E-state index in [1.807, 2.05) is 43.3 Å². The van der Waals surface area contributed by atoms with Crippen LogP contribution in [0.15, 0.2) is 24.3 Å². The van der Waals surface area contributed by atoms with Crippen LogP contribution < -0.4 is 10.2 Å². The van der Waals surface area contributed by atoms with E-state index < -0.39 is 12.1 Å². The molecule has 1 fully saturated rings. The third-order valence-electron chi connectivity index (χ3n) is 3.41. The zero-order valence-electron chi connectivity index (χ0n) is 11.0. The van der Waals surface area contributed by atoms with Gasteiger partial charge < -0.3 is 10.2 Å². The molecule has 2 atom stereocenters. The molecule has 1 aliphatic heterocycles. The van der Waals surface area contributed by atoms with Crippen molar-refractivity contribution in [3.05, 3.63) is 39.9 Å². The van der Waals surface area contributed by atoms with Gasteiger partial charge in [0, 0.05) is 37.5 Å². The number of benzene rings is 1. The molecule has 0 saturated carbocycles. The Kier molecular flexibility index (Phi) is 3.69. The molecule has 1 amide bonds. The van der Waals surface area contributed by atoms with Crippen LogP contribution in [0, 0.1) is 10.1 Å². The molecule has 0 aromatic heterocycles. The van der Waals surface area contributed by atoms with Gasteiger partial charge in [0.15, 0.2) is 0 Å². The minimum Gasteiger partial charge on any atom is -0.378 e. The van der Waals surface area contributed by atoms with Crippen LogP contribution in [0.1, 0.15) is 24.4 Å². The first kappa shape index (κ1) is 13.3. The van der Waals surface area contributed by atoms with Gasteiger partial charge in [-0.05, 0) is 17.7 Å². The summed E-state index contributed by atoms with van der Waals surface area (Å²) in [5.41, 5.74) is 1.80. The van der Waals surface area contributed by atoms with Crippen molar-refractivity contribution in [2.75, 3.05) is 19.0 Å². The second-order valence-electron chi connectivity index (χ2n) is 4.92. The molecular formula is C13H17N3O3. The first-order chi connectivity index (χ1) is 8.99. The lowest BCUT2D eigenvalue weighted by Crippen LogP contribution is -2.45. The largest absolute Gasteiger partial charge is 0.378 e. The van der Waals surface area contributed by atoms with Crippen molar-refractivity contribution < 1.29 is 9.72 Å². The molecule has 1 aromatic rings. The first-order valence-corrected chi connectivity index (χ1v) is 6.19. The predicted molar refractivity (Wildman–Crippen MR) is 71.7 cm³/mol. The van der Waals surface area contributed by atoms with Crippen LogP contribution in [0.3, 0.4) is 0 Å². The number of carbonyl (C=O) groups excluding carboxylic acids is 1. The minimum atomic E-state index is -0.747. The van der Waals surface area contributed by atoms with Crippen LogP contribution >= 0.6 is 0 Å². The Morgan fingerprint density at radius 2 is 1.95 bits per heavy atom. The van der Waals surface area contributed by atoms with Gasteiger partial charge in [0.2, 0.25) is 11.9 Å². The Morgan fingerprint density at radius 3 is 2.47 bits per heavy atom. The van der Waals surface area contributed by atoms with Gasteiger partial charge in [-0.25, -0.2) is 0 Å². The minimum absolute atomic E-state index is 0.125. The van der Waals surface area contributed by atoms with Gasteiger partial charge in [0.05, 0.1) is 0 Å². The molecule has 0 radical (unpaired) electrons. The number of rotatable bonds is 3. The van der Waals surface area contributed by atoms with E-state index in [4.69, 9.17) is 0 Å². The summed E-state index contributed by atoms with van der Waals surface area (Å²) in [7, 11) is 3.86. The smallest absolute Gasteiger partial charge is 0.237 e. The van der Waals surface area contributed by atoms with Crippen LogP contribution in [0.5, 0.6) is 0 Å².